The Kier molecular flexibility index (Phi) is 12.4. The molecule has 0 fully saturated rings. The van der Waals surface area contributed by atoms with Crippen molar-refractivity contribution in [3.05, 3.63) is 60.3 Å². The molecule has 8 nitrogen and oxygen atoms in total. The maximum Gasteiger partial charge on any atom is 0.330 e. The van der Waals surface area contributed by atoms with Gasteiger partial charge in [-0.2, -0.15) is 0 Å². The summed E-state index contributed by atoms with van der Waals surface area (Å²) in [6.45, 7) is 6.57. The van der Waals surface area contributed by atoms with E-state index in [9.17, 15) is 25.2 Å². The van der Waals surface area contributed by atoms with E-state index in [0.717, 1.165) is 31.3 Å². The number of ether oxygens (including phenoxy) is 3. The van der Waals surface area contributed by atoms with Crippen LogP contribution in [-0.2, 0) is 19.0 Å². The smallest absolute Gasteiger partial charge is 0.330 e. The first kappa shape index (κ1) is 30.5. The van der Waals surface area contributed by atoms with Crippen LogP contribution in [0.4, 0.5) is 0 Å². The van der Waals surface area contributed by atoms with E-state index in [4.69, 9.17) is 14.2 Å². The zero-order valence-electron chi connectivity index (χ0n) is 22.4. The third-order valence-corrected chi connectivity index (χ3v) is 7.19. The van der Waals surface area contributed by atoms with Gasteiger partial charge in [-0.05, 0) is 51.9 Å². The number of fused-ring (bicyclic) bond motifs is 2. The van der Waals surface area contributed by atoms with Crippen molar-refractivity contribution < 1.29 is 39.4 Å². The van der Waals surface area contributed by atoms with Gasteiger partial charge in [0.2, 0.25) is 0 Å². The summed E-state index contributed by atoms with van der Waals surface area (Å²) < 4.78 is 17.3. The summed E-state index contributed by atoms with van der Waals surface area (Å²) in [5, 5.41) is 42.4. The molecule has 0 aromatic rings. The van der Waals surface area contributed by atoms with Crippen LogP contribution in [0.3, 0.4) is 0 Å². The van der Waals surface area contributed by atoms with Gasteiger partial charge in [-0.1, -0.05) is 54.2 Å². The molecule has 2 bridgehead atoms. The van der Waals surface area contributed by atoms with Crippen molar-refractivity contribution in [3.8, 4) is 0 Å². The van der Waals surface area contributed by atoms with E-state index in [2.05, 4.69) is 12.7 Å². The second-order valence-electron chi connectivity index (χ2n) is 10.7. The van der Waals surface area contributed by atoms with E-state index in [1.165, 1.54) is 11.6 Å². The highest BCUT2D eigenvalue weighted by Crippen LogP contribution is 2.24. The summed E-state index contributed by atoms with van der Waals surface area (Å²) >= 11 is 0. The minimum atomic E-state index is -1.45. The van der Waals surface area contributed by atoms with Gasteiger partial charge in [0.1, 0.15) is 12.2 Å². The highest BCUT2D eigenvalue weighted by atomic mass is 16.5. The maximum atomic E-state index is 12.6. The number of hydrogen-bond donors (Lipinski definition) is 4. The quantitative estimate of drug-likeness (QED) is 0.321. The molecule has 3 aliphatic rings. The lowest BCUT2D eigenvalue weighted by atomic mass is 9.93. The van der Waals surface area contributed by atoms with E-state index >= 15 is 0 Å². The molecule has 8 unspecified atom stereocenters. The standard InChI is InChI=1S/C30H44O8/c1-20-6-3-7-23-8-4-9-24(37-23)10-5-11-29(34)38-26(19-28(33)30(35)27(32)17-20)18-22(31)12-13-25-16-21(2)14-15-36-25/h4-5,9,11-14,22-28,30-33,35H,1,3,6-8,10,15-19H2,2H3. The minimum Gasteiger partial charge on any atom is -0.459 e. The average molecular weight is 533 g/mol. The second kappa shape index (κ2) is 15.5. The highest BCUT2D eigenvalue weighted by Gasteiger charge is 2.30. The summed E-state index contributed by atoms with van der Waals surface area (Å²) in [5.41, 5.74) is 2.00. The van der Waals surface area contributed by atoms with E-state index in [1.807, 2.05) is 19.1 Å². The molecule has 0 saturated carbocycles. The number of rotatable bonds is 4. The Morgan fingerprint density at radius 2 is 1.97 bits per heavy atom. The van der Waals surface area contributed by atoms with Crippen molar-refractivity contribution in [1.82, 2.24) is 0 Å². The summed E-state index contributed by atoms with van der Waals surface area (Å²) in [4.78, 5) is 12.6. The number of carbonyl (C=O) groups is 1. The maximum absolute atomic E-state index is 12.6. The van der Waals surface area contributed by atoms with Gasteiger partial charge in [0.15, 0.2) is 0 Å². The molecule has 3 aliphatic heterocycles. The number of esters is 1. The van der Waals surface area contributed by atoms with E-state index < -0.39 is 36.5 Å². The molecular formula is C30H44O8. The van der Waals surface area contributed by atoms with Crippen LogP contribution in [0.2, 0.25) is 0 Å². The normalized spacial score (nSPS) is 35.3. The molecule has 0 aromatic carbocycles. The number of cyclic esters (lactones) is 1. The van der Waals surface area contributed by atoms with Crippen LogP contribution in [0.15, 0.2) is 60.3 Å². The van der Waals surface area contributed by atoms with Crippen molar-refractivity contribution in [2.45, 2.75) is 114 Å². The van der Waals surface area contributed by atoms with Gasteiger partial charge in [0, 0.05) is 18.9 Å². The molecule has 8 atom stereocenters. The zero-order valence-corrected chi connectivity index (χ0v) is 22.4. The summed E-state index contributed by atoms with van der Waals surface area (Å²) in [5.74, 6) is -0.615. The van der Waals surface area contributed by atoms with Crippen LogP contribution in [-0.4, -0.2) is 81.8 Å². The molecule has 4 N–H and O–H groups in total. The predicted octanol–water partition coefficient (Wildman–Crippen LogP) is 3.20. The molecule has 0 spiro atoms. The van der Waals surface area contributed by atoms with Crippen LogP contribution in [0.5, 0.6) is 0 Å². The molecule has 212 valence electrons. The number of aliphatic hydroxyl groups is 4. The average Bonchev–Trinajstić information content (AvgIpc) is 2.86. The molecule has 38 heavy (non-hydrogen) atoms. The summed E-state index contributed by atoms with van der Waals surface area (Å²) in [6.07, 6.45) is 10.9. The van der Waals surface area contributed by atoms with Gasteiger partial charge in [-0.15, -0.1) is 0 Å². The van der Waals surface area contributed by atoms with Gasteiger partial charge >= 0.3 is 5.97 Å². The topological polar surface area (TPSA) is 126 Å². The Bertz CT molecular complexity index is 891. The highest BCUT2D eigenvalue weighted by molar-refractivity contribution is 5.82. The fraction of sp³-hybridized carbons (Fsp3) is 0.633. The molecule has 0 radical (unpaired) electrons. The molecule has 8 heteroatoms. The van der Waals surface area contributed by atoms with Crippen molar-refractivity contribution in [3.63, 3.8) is 0 Å². The Morgan fingerprint density at radius 1 is 1.16 bits per heavy atom. The number of hydrogen-bond acceptors (Lipinski definition) is 8. The molecule has 0 aromatic heterocycles. The Hall–Kier alpha value is -2.07. The SMILES string of the molecule is C=C1CCCC2CC=CC(CC=CC(=O)OC(CC(O)C=CC3CC(C)=CCO3)CC(O)C(O)C(O)C1)O2. The van der Waals surface area contributed by atoms with Crippen molar-refractivity contribution >= 4 is 5.97 Å². The number of carbonyl (C=O) groups excluding carboxylic acids is 1. The largest absolute Gasteiger partial charge is 0.459 e. The van der Waals surface area contributed by atoms with Crippen LogP contribution < -0.4 is 0 Å². The first-order valence-corrected chi connectivity index (χ1v) is 13.7. The van der Waals surface area contributed by atoms with Gasteiger partial charge in [0.25, 0.3) is 0 Å². The fourth-order valence-electron chi connectivity index (χ4n) is 5.01. The van der Waals surface area contributed by atoms with Crippen molar-refractivity contribution in [2.24, 2.45) is 0 Å². The summed E-state index contributed by atoms with van der Waals surface area (Å²) in [6, 6.07) is 0. The molecule has 0 saturated heterocycles. The zero-order chi connectivity index (χ0) is 27.5. The van der Waals surface area contributed by atoms with Crippen LogP contribution in [0.25, 0.3) is 0 Å². The lowest BCUT2D eigenvalue weighted by Crippen LogP contribution is -2.40. The van der Waals surface area contributed by atoms with E-state index in [-0.39, 0.29) is 37.6 Å². The lowest BCUT2D eigenvalue weighted by Gasteiger charge is -2.28. The van der Waals surface area contributed by atoms with Gasteiger partial charge in [-0.25, -0.2) is 4.79 Å². The van der Waals surface area contributed by atoms with Gasteiger partial charge < -0.3 is 34.6 Å². The molecule has 0 amide bonds. The molecule has 0 aliphatic carbocycles. The monoisotopic (exact) mass is 532 g/mol. The molecule has 3 heterocycles. The summed E-state index contributed by atoms with van der Waals surface area (Å²) in [7, 11) is 0. The first-order chi connectivity index (χ1) is 18.2. The van der Waals surface area contributed by atoms with Gasteiger partial charge in [0.05, 0.1) is 43.2 Å². The molecular weight excluding hydrogens is 488 g/mol. The Morgan fingerprint density at radius 3 is 2.76 bits per heavy atom. The second-order valence-corrected chi connectivity index (χ2v) is 10.7. The Labute approximate surface area is 226 Å². The van der Waals surface area contributed by atoms with Crippen LogP contribution in [0.1, 0.15) is 64.7 Å². The Balaban J connectivity index is 1.68. The molecule has 3 rings (SSSR count). The number of aliphatic hydroxyl groups excluding tert-OH is 4. The van der Waals surface area contributed by atoms with Crippen molar-refractivity contribution in [1.29, 1.82) is 0 Å². The van der Waals surface area contributed by atoms with E-state index in [0.29, 0.717) is 19.4 Å². The predicted molar refractivity (Wildman–Crippen MR) is 144 cm³/mol. The van der Waals surface area contributed by atoms with Gasteiger partial charge in [-0.3, -0.25) is 0 Å². The third kappa shape index (κ3) is 10.6. The van der Waals surface area contributed by atoms with E-state index in [1.54, 1.807) is 18.2 Å². The van der Waals surface area contributed by atoms with Crippen molar-refractivity contribution in [2.75, 3.05) is 6.61 Å². The minimum absolute atomic E-state index is 0.0142. The fourth-order valence-corrected chi connectivity index (χ4v) is 5.01. The van der Waals surface area contributed by atoms with Crippen LogP contribution in [0, 0.1) is 0 Å². The third-order valence-electron chi connectivity index (χ3n) is 7.19. The lowest BCUT2D eigenvalue weighted by molar-refractivity contribution is -0.147. The first-order valence-electron chi connectivity index (χ1n) is 13.7. The van der Waals surface area contributed by atoms with Crippen LogP contribution >= 0.6 is 0 Å².